The van der Waals surface area contributed by atoms with Crippen LogP contribution in [0.5, 0.6) is 0 Å². The highest BCUT2D eigenvalue weighted by Crippen LogP contribution is 2.24. The van der Waals surface area contributed by atoms with Gasteiger partial charge in [-0.05, 0) is 29.8 Å². The van der Waals surface area contributed by atoms with Gasteiger partial charge in [-0.1, -0.05) is 12.1 Å². The van der Waals surface area contributed by atoms with E-state index in [1.54, 1.807) is 24.3 Å². The summed E-state index contributed by atoms with van der Waals surface area (Å²) in [5, 5.41) is 9.98. The van der Waals surface area contributed by atoms with E-state index in [-0.39, 0.29) is 4.90 Å². The summed E-state index contributed by atoms with van der Waals surface area (Å²) in [6.45, 7) is 0. The van der Waals surface area contributed by atoms with Crippen molar-refractivity contribution in [3.05, 3.63) is 54.0 Å². The van der Waals surface area contributed by atoms with Gasteiger partial charge in [0.25, 0.3) is 0 Å². The van der Waals surface area contributed by atoms with Gasteiger partial charge in [0.15, 0.2) is 9.84 Å². The minimum Gasteiger partial charge on any atom is -0.466 e. The van der Waals surface area contributed by atoms with Gasteiger partial charge in [0, 0.05) is 6.26 Å². The molecule has 1 N–H and O–H groups in total. The predicted molar refractivity (Wildman–Crippen MR) is 62.3 cm³/mol. The summed E-state index contributed by atoms with van der Waals surface area (Å²) in [5.41, 5.74) is 0.489. The fourth-order valence-electron chi connectivity index (χ4n) is 1.53. The molecule has 4 nitrogen and oxygen atoms in total. The molecule has 0 saturated heterocycles. The highest BCUT2D eigenvalue weighted by molar-refractivity contribution is 7.90. The first-order valence-corrected chi connectivity index (χ1v) is 6.89. The summed E-state index contributed by atoms with van der Waals surface area (Å²) in [6.07, 6.45) is 1.64. The summed E-state index contributed by atoms with van der Waals surface area (Å²) in [4.78, 5) is 0.181. The van der Waals surface area contributed by atoms with E-state index < -0.39 is 15.9 Å². The third-order valence-electron chi connectivity index (χ3n) is 2.41. The smallest absolute Gasteiger partial charge is 0.175 e. The van der Waals surface area contributed by atoms with Crippen LogP contribution in [0.3, 0.4) is 0 Å². The lowest BCUT2D eigenvalue weighted by Crippen LogP contribution is -2.02. The number of sulfone groups is 1. The van der Waals surface area contributed by atoms with Gasteiger partial charge in [-0.25, -0.2) is 8.42 Å². The maximum absolute atomic E-state index is 11.4. The molecule has 0 spiro atoms. The lowest BCUT2D eigenvalue weighted by molar-refractivity contribution is 0.189. The van der Waals surface area contributed by atoms with Gasteiger partial charge in [-0.2, -0.15) is 0 Å². The van der Waals surface area contributed by atoms with E-state index in [0.29, 0.717) is 11.3 Å². The second-order valence-corrected chi connectivity index (χ2v) is 5.78. The lowest BCUT2D eigenvalue weighted by atomic mass is 10.1. The van der Waals surface area contributed by atoms with Crippen LogP contribution in [0.2, 0.25) is 0 Å². The Morgan fingerprint density at radius 3 is 2.59 bits per heavy atom. The summed E-state index contributed by atoms with van der Waals surface area (Å²) >= 11 is 0. The van der Waals surface area contributed by atoms with Gasteiger partial charge in [-0.3, -0.25) is 0 Å². The van der Waals surface area contributed by atoms with Gasteiger partial charge in [0.1, 0.15) is 11.9 Å². The van der Waals surface area contributed by atoms with Crippen molar-refractivity contribution in [2.45, 2.75) is 11.0 Å². The Hall–Kier alpha value is -1.59. The average Bonchev–Trinajstić information content (AvgIpc) is 2.80. The fraction of sp³-hybridized carbons (Fsp3) is 0.167. The number of furan rings is 1. The van der Waals surface area contributed by atoms with E-state index >= 15 is 0 Å². The standard InChI is InChI=1S/C12H12O4S/c1-17(14,15)10-5-2-4-9(8-10)12(13)11-6-3-7-16-11/h2-8,12-13H,1H3. The van der Waals surface area contributed by atoms with E-state index in [2.05, 4.69) is 0 Å². The first kappa shape index (κ1) is 11.9. The quantitative estimate of drug-likeness (QED) is 0.903. The van der Waals surface area contributed by atoms with E-state index in [1.165, 1.54) is 18.4 Å². The Bertz CT molecular complexity index is 599. The van der Waals surface area contributed by atoms with Crippen LogP contribution < -0.4 is 0 Å². The predicted octanol–water partition coefficient (Wildman–Crippen LogP) is 1.76. The van der Waals surface area contributed by atoms with Crippen LogP contribution in [0.4, 0.5) is 0 Å². The molecule has 2 aromatic rings. The Balaban J connectivity index is 2.41. The van der Waals surface area contributed by atoms with Crippen molar-refractivity contribution < 1.29 is 17.9 Å². The molecule has 1 aromatic heterocycles. The molecule has 0 aliphatic heterocycles. The van der Waals surface area contributed by atoms with Crippen LogP contribution in [0.25, 0.3) is 0 Å². The van der Waals surface area contributed by atoms with Gasteiger partial charge in [-0.15, -0.1) is 0 Å². The number of hydrogen-bond donors (Lipinski definition) is 1. The maximum atomic E-state index is 11.4. The van der Waals surface area contributed by atoms with E-state index in [0.717, 1.165) is 6.26 Å². The molecule has 0 radical (unpaired) electrons. The Morgan fingerprint density at radius 2 is 2.00 bits per heavy atom. The van der Waals surface area contributed by atoms with Crippen molar-refractivity contribution >= 4 is 9.84 Å². The fourth-order valence-corrected chi connectivity index (χ4v) is 2.20. The van der Waals surface area contributed by atoms with Crippen LogP contribution in [0, 0.1) is 0 Å². The van der Waals surface area contributed by atoms with Crippen molar-refractivity contribution in [1.82, 2.24) is 0 Å². The van der Waals surface area contributed by atoms with Crippen LogP contribution >= 0.6 is 0 Å². The van der Waals surface area contributed by atoms with E-state index in [9.17, 15) is 13.5 Å². The van der Waals surface area contributed by atoms with Gasteiger partial charge in [0.2, 0.25) is 0 Å². The summed E-state index contributed by atoms with van der Waals surface area (Å²) in [7, 11) is -3.27. The highest BCUT2D eigenvalue weighted by Gasteiger charge is 2.15. The van der Waals surface area contributed by atoms with Crippen molar-refractivity contribution in [3.63, 3.8) is 0 Å². The van der Waals surface area contributed by atoms with Crippen LogP contribution in [0.15, 0.2) is 52.0 Å². The van der Waals surface area contributed by atoms with Crippen LogP contribution in [-0.4, -0.2) is 19.8 Å². The molecule has 0 fully saturated rings. The van der Waals surface area contributed by atoms with Crippen LogP contribution in [0.1, 0.15) is 17.4 Å². The monoisotopic (exact) mass is 252 g/mol. The van der Waals surface area contributed by atoms with E-state index in [1.807, 2.05) is 0 Å². The normalized spacial score (nSPS) is 13.5. The largest absolute Gasteiger partial charge is 0.466 e. The molecule has 2 rings (SSSR count). The molecule has 0 bridgehead atoms. The number of benzene rings is 1. The number of hydrogen-bond acceptors (Lipinski definition) is 4. The summed E-state index contributed by atoms with van der Waals surface area (Å²) in [5.74, 6) is 0.385. The molecule has 0 aliphatic carbocycles. The Morgan fingerprint density at radius 1 is 1.24 bits per heavy atom. The zero-order valence-corrected chi connectivity index (χ0v) is 10.0. The zero-order chi connectivity index (χ0) is 12.5. The molecule has 1 aromatic carbocycles. The third kappa shape index (κ3) is 2.57. The van der Waals surface area contributed by atoms with Gasteiger partial charge < -0.3 is 9.52 Å². The van der Waals surface area contributed by atoms with Crippen molar-refractivity contribution in [2.24, 2.45) is 0 Å². The molecule has 90 valence electrons. The van der Waals surface area contributed by atoms with Gasteiger partial charge in [0.05, 0.1) is 11.2 Å². The second kappa shape index (κ2) is 4.35. The van der Waals surface area contributed by atoms with Crippen LogP contribution in [-0.2, 0) is 9.84 Å². The average molecular weight is 252 g/mol. The zero-order valence-electron chi connectivity index (χ0n) is 9.20. The molecular formula is C12H12O4S. The van der Waals surface area contributed by atoms with E-state index in [4.69, 9.17) is 4.42 Å². The minimum atomic E-state index is -3.27. The molecule has 0 saturated carbocycles. The SMILES string of the molecule is CS(=O)(=O)c1cccc(C(O)c2ccco2)c1. The lowest BCUT2D eigenvalue weighted by Gasteiger charge is -2.09. The Kier molecular flexibility index (Phi) is 3.04. The highest BCUT2D eigenvalue weighted by atomic mass is 32.2. The first-order valence-electron chi connectivity index (χ1n) is 5.00. The number of rotatable bonds is 3. The molecule has 5 heteroatoms. The second-order valence-electron chi connectivity index (χ2n) is 3.76. The molecule has 1 heterocycles. The molecule has 0 amide bonds. The third-order valence-corrected chi connectivity index (χ3v) is 3.52. The topological polar surface area (TPSA) is 67.5 Å². The van der Waals surface area contributed by atoms with Crippen molar-refractivity contribution in [3.8, 4) is 0 Å². The number of aliphatic hydroxyl groups is 1. The summed E-state index contributed by atoms with van der Waals surface area (Å²) in [6, 6.07) is 9.49. The van der Waals surface area contributed by atoms with Crippen molar-refractivity contribution in [1.29, 1.82) is 0 Å². The Labute approximate surface area is 99.4 Å². The molecule has 1 atom stereocenters. The number of aliphatic hydroxyl groups excluding tert-OH is 1. The molecule has 17 heavy (non-hydrogen) atoms. The maximum Gasteiger partial charge on any atom is 0.175 e. The summed E-state index contributed by atoms with van der Waals surface area (Å²) < 4.78 is 27.9. The molecular weight excluding hydrogens is 240 g/mol. The van der Waals surface area contributed by atoms with Gasteiger partial charge >= 0.3 is 0 Å². The first-order chi connectivity index (χ1) is 7.98. The van der Waals surface area contributed by atoms with Crippen molar-refractivity contribution in [2.75, 3.05) is 6.26 Å². The molecule has 0 aliphatic rings. The molecule has 1 unspecified atom stereocenters. The minimum absolute atomic E-state index is 0.181.